The van der Waals surface area contributed by atoms with Crippen molar-refractivity contribution in [1.29, 1.82) is 0 Å². The van der Waals surface area contributed by atoms with Crippen LogP contribution in [-0.2, 0) is 4.74 Å². The molecule has 5 heteroatoms. The van der Waals surface area contributed by atoms with Crippen molar-refractivity contribution in [2.45, 2.75) is 31.7 Å². The molecule has 5 nitrogen and oxygen atoms in total. The smallest absolute Gasteiger partial charge is 0.341 e. The number of piperidine rings is 1. The second kappa shape index (κ2) is 7.31. The van der Waals surface area contributed by atoms with E-state index in [2.05, 4.69) is 11.9 Å². The van der Waals surface area contributed by atoms with Gasteiger partial charge in [0.2, 0.25) is 0 Å². The van der Waals surface area contributed by atoms with Gasteiger partial charge in [0, 0.05) is 11.7 Å². The topological polar surface area (TPSA) is 64.8 Å². The van der Waals surface area contributed by atoms with Crippen molar-refractivity contribution in [2.24, 2.45) is 0 Å². The number of ether oxygens (including phenoxy) is 2. The molecule has 0 amide bonds. The van der Waals surface area contributed by atoms with E-state index in [0.717, 1.165) is 13.0 Å². The summed E-state index contributed by atoms with van der Waals surface area (Å²) in [5.41, 5.74) is 6.62. The number of esters is 1. The van der Waals surface area contributed by atoms with Crippen molar-refractivity contribution in [1.82, 2.24) is 4.90 Å². The Balaban J connectivity index is 1.88. The Kier molecular flexibility index (Phi) is 5.44. The fourth-order valence-electron chi connectivity index (χ4n) is 2.76. The van der Waals surface area contributed by atoms with Gasteiger partial charge in [0.1, 0.15) is 11.3 Å². The molecule has 0 saturated carbocycles. The molecule has 1 fully saturated rings. The maximum Gasteiger partial charge on any atom is 0.341 e. The van der Waals surface area contributed by atoms with Crippen molar-refractivity contribution in [2.75, 3.05) is 33.0 Å². The SMILES string of the molecule is COc1ccc(N)cc1C(=O)OCCC1CCCCN1C. The molecule has 2 N–H and O–H groups in total. The molecule has 1 aromatic carbocycles. The highest BCUT2D eigenvalue weighted by atomic mass is 16.5. The summed E-state index contributed by atoms with van der Waals surface area (Å²) < 4.78 is 10.5. The van der Waals surface area contributed by atoms with E-state index >= 15 is 0 Å². The predicted octanol–water partition coefficient (Wildman–Crippen LogP) is 2.31. The molecular weight excluding hydrogens is 268 g/mol. The Morgan fingerprint density at radius 3 is 2.95 bits per heavy atom. The number of carbonyl (C=O) groups is 1. The van der Waals surface area contributed by atoms with Crippen molar-refractivity contribution in [3.05, 3.63) is 23.8 Å². The Hall–Kier alpha value is -1.75. The number of nitrogens with zero attached hydrogens (tertiary/aromatic N) is 1. The van der Waals surface area contributed by atoms with E-state index in [1.165, 1.54) is 26.4 Å². The minimum absolute atomic E-state index is 0.377. The van der Waals surface area contributed by atoms with Gasteiger partial charge in [-0.2, -0.15) is 0 Å². The molecule has 1 heterocycles. The molecular formula is C16H24N2O3. The van der Waals surface area contributed by atoms with Gasteiger partial charge in [0.25, 0.3) is 0 Å². The molecule has 0 radical (unpaired) electrons. The lowest BCUT2D eigenvalue weighted by molar-refractivity contribution is 0.0446. The average Bonchev–Trinajstić information content (AvgIpc) is 2.49. The molecule has 1 aliphatic heterocycles. The number of hydrogen-bond acceptors (Lipinski definition) is 5. The lowest BCUT2D eigenvalue weighted by atomic mass is 10.0. The van der Waals surface area contributed by atoms with Gasteiger partial charge >= 0.3 is 5.97 Å². The summed E-state index contributed by atoms with van der Waals surface area (Å²) in [6.45, 7) is 1.55. The first-order chi connectivity index (χ1) is 10.1. The second-order valence-corrected chi connectivity index (χ2v) is 5.51. The Morgan fingerprint density at radius 2 is 2.24 bits per heavy atom. The van der Waals surface area contributed by atoms with Crippen LogP contribution in [0.15, 0.2) is 18.2 Å². The van der Waals surface area contributed by atoms with E-state index in [4.69, 9.17) is 15.2 Å². The van der Waals surface area contributed by atoms with E-state index in [1.54, 1.807) is 18.2 Å². The van der Waals surface area contributed by atoms with Crippen molar-refractivity contribution in [3.8, 4) is 5.75 Å². The van der Waals surface area contributed by atoms with Crippen molar-refractivity contribution >= 4 is 11.7 Å². The maximum atomic E-state index is 12.1. The fourth-order valence-corrected chi connectivity index (χ4v) is 2.76. The van der Waals surface area contributed by atoms with Crippen LogP contribution in [0.1, 0.15) is 36.0 Å². The zero-order chi connectivity index (χ0) is 15.2. The highest BCUT2D eigenvalue weighted by Gasteiger charge is 2.20. The number of benzene rings is 1. The number of carbonyl (C=O) groups excluding carboxylic acids is 1. The monoisotopic (exact) mass is 292 g/mol. The van der Waals surface area contributed by atoms with Crippen LogP contribution in [0.3, 0.4) is 0 Å². The Bertz CT molecular complexity index is 490. The standard InChI is InChI=1S/C16H24N2O3/c1-18-9-4-3-5-13(18)8-10-21-16(19)14-11-12(17)6-7-15(14)20-2/h6-7,11,13H,3-5,8-10,17H2,1-2H3. The second-order valence-electron chi connectivity index (χ2n) is 5.51. The molecule has 2 rings (SSSR count). The van der Waals surface area contributed by atoms with Gasteiger partial charge in [0.15, 0.2) is 0 Å². The molecule has 0 aliphatic carbocycles. The summed E-state index contributed by atoms with van der Waals surface area (Å²) >= 11 is 0. The molecule has 1 aliphatic rings. The molecule has 1 saturated heterocycles. The first-order valence-corrected chi connectivity index (χ1v) is 7.42. The summed E-state index contributed by atoms with van der Waals surface area (Å²) in [6.07, 6.45) is 4.56. The van der Waals surface area contributed by atoms with E-state index in [1.807, 2.05) is 0 Å². The fraction of sp³-hybridized carbons (Fsp3) is 0.562. The maximum absolute atomic E-state index is 12.1. The van der Waals surface area contributed by atoms with Crippen LogP contribution in [0.25, 0.3) is 0 Å². The van der Waals surface area contributed by atoms with Crippen LogP contribution in [-0.4, -0.2) is 44.2 Å². The highest BCUT2D eigenvalue weighted by Crippen LogP contribution is 2.22. The summed E-state index contributed by atoms with van der Waals surface area (Å²) in [6, 6.07) is 5.48. The van der Waals surface area contributed by atoms with E-state index in [-0.39, 0.29) is 5.97 Å². The molecule has 21 heavy (non-hydrogen) atoms. The van der Waals surface area contributed by atoms with Crippen LogP contribution in [0.4, 0.5) is 5.69 Å². The van der Waals surface area contributed by atoms with Crippen LogP contribution >= 0.6 is 0 Å². The van der Waals surface area contributed by atoms with E-state index < -0.39 is 0 Å². The quantitative estimate of drug-likeness (QED) is 0.666. The third kappa shape index (κ3) is 4.11. The average molecular weight is 292 g/mol. The summed E-state index contributed by atoms with van der Waals surface area (Å²) in [5, 5.41) is 0. The molecule has 1 atom stereocenters. The largest absolute Gasteiger partial charge is 0.496 e. The number of hydrogen-bond donors (Lipinski definition) is 1. The molecule has 116 valence electrons. The highest BCUT2D eigenvalue weighted by molar-refractivity contribution is 5.93. The minimum Gasteiger partial charge on any atom is -0.496 e. The van der Waals surface area contributed by atoms with Gasteiger partial charge in [-0.05, 0) is 51.1 Å². The predicted molar refractivity (Wildman–Crippen MR) is 82.6 cm³/mol. The number of methoxy groups -OCH3 is 1. The van der Waals surface area contributed by atoms with Crippen molar-refractivity contribution in [3.63, 3.8) is 0 Å². The number of nitrogens with two attached hydrogens (primary N) is 1. The molecule has 1 unspecified atom stereocenters. The number of rotatable bonds is 5. The lowest BCUT2D eigenvalue weighted by Gasteiger charge is -2.32. The molecule has 0 spiro atoms. The molecule has 1 aromatic rings. The number of anilines is 1. The van der Waals surface area contributed by atoms with Gasteiger partial charge < -0.3 is 20.1 Å². The van der Waals surface area contributed by atoms with Gasteiger partial charge in [-0.15, -0.1) is 0 Å². The van der Waals surface area contributed by atoms with Crippen LogP contribution < -0.4 is 10.5 Å². The van der Waals surface area contributed by atoms with Crippen LogP contribution in [0, 0.1) is 0 Å². The number of nitrogen functional groups attached to an aromatic ring is 1. The third-order valence-electron chi connectivity index (χ3n) is 4.05. The van der Waals surface area contributed by atoms with E-state index in [0.29, 0.717) is 29.6 Å². The van der Waals surface area contributed by atoms with Crippen molar-refractivity contribution < 1.29 is 14.3 Å². The summed E-state index contributed by atoms with van der Waals surface area (Å²) in [4.78, 5) is 14.5. The number of likely N-dealkylation sites (tertiary alicyclic amines) is 1. The van der Waals surface area contributed by atoms with Gasteiger partial charge in [0.05, 0.1) is 13.7 Å². The van der Waals surface area contributed by atoms with Gasteiger partial charge in [-0.25, -0.2) is 4.79 Å². The van der Waals surface area contributed by atoms with Crippen LogP contribution in [0.2, 0.25) is 0 Å². The molecule has 0 aromatic heterocycles. The van der Waals surface area contributed by atoms with Gasteiger partial charge in [-0.1, -0.05) is 6.42 Å². The minimum atomic E-state index is -0.377. The summed E-state index contributed by atoms with van der Waals surface area (Å²) in [7, 11) is 3.66. The third-order valence-corrected chi connectivity index (χ3v) is 4.05. The first kappa shape index (κ1) is 15.6. The Labute approximate surface area is 126 Å². The summed E-state index contributed by atoms with van der Waals surface area (Å²) in [5.74, 6) is 0.113. The van der Waals surface area contributed by atoms with Crippen LogP contribution in [0.5, 0.6) is 5.75 Å². The molecule has 0 bridgehead atoms. The van der Waals surface area contributed by atoms with E-state index in [9.17, 15) is 4.79 Å². The van der Waals surface area contributed by atoms with Gasteiger partial charge in [-0.3, -0.25) is 0 Å². The normalized spacial score (nSPS) is 19.2. The first-order valence-electron chi connectivity index (χ1n) is 7.42. The zero-order valence-electron chi connectivity index (χ0n) is 12.8. The zero-order valence-corrected chi connectivity index (χ0v) is 12.8. The Morgan fingerprint density at radius 1 is 1.43 bits per heavy atom. The lowest BCUT2D eigenvalue weighted by Crippen LogP contribution is -2.37.